The first-order chi connectivity index (χ1) is 18.9. The van der Waals surface area contributed by atoms with Gasteiger partial charge < -0.3 is 24.8 Å². The summed E-state index contributed by atoms with van der Waals surface area (Å²) in [5.41, 5.74) is 0.412. The van der Waals surface area contributed by atoms with Gasteiger partial charge in [0.25, 0.3) is 5.91 Å². The number of halogens is 1. The third-order valence-corrected chi connectivity index (χ3v) is 7.15. The fraction of sp³-hybridized carbons (Fsp3) is 0.536. The number of allylic oxidation sites excluding steroid dienone is 2. The molecule has 4 rings (SSSR count). The fourth-order valence-corrected chi connectivity index (χ4v) is 5.02. The Hall–Kier alpha value is -3.44. The van der Waals surface area contributed by atoms with Gasteiger partial charge in [-0.25, -0.2) is 4.39 Å². The van der Waals surface area contributed by atoms with Gasteiger partial charge in [0, 0.05) is 38.3 Å². The Labute approximate surface area is 228 Å². The van der Waals surface area contributed by atoms with Crippen LogP contribution in [0, 0.1) is 5.82 Å². The summed E-state index contributed by atoms with van der Waals surface area (Å²) in [7, 11) is 1.64. The Morgan fingerprint density at radius 3 is 2.67 bits per heavy atom. The molecule has 1 aromatic carbocycles. The van der Waals surface area contributed by atoms with Gasteiger partial charge in [-0.05, 0) is 31.7 Å². The fourth-order valence-electron chi connectivity index (χ4n) is 5.02. The van der Waals surface area contributed by atoms with E-state index in [2.05, 4.69) is 17.5 Å². The van der Waals surface area contributed by atoms with E-state index in [1.807, 2.05) is 5.01 Å². The summed E-state index contributed by atoms with van der Waals surface area (Å²) in [5.74, 6) is -2.85. The number of fused-ring (bicyclic) bond motifs is 5. The molecular weight excluding hydrogens is 507 g/mol. The second-order valence-corrected chi connectivity index (χ2v) is 9.88. The molecule has 212 valence electrons. The summed E-state index contributed by atoms with van der Waals surface area (Å²) in [5, 5.41) is 17.0. The maximum atomic E-state index is 13.8. The lowest BCUT2D eigenvalue weighted by Crippen LogP contribution is -2.67. The van der Waals surface area contributed by atoms with E-state index in [9.17, 15) is 23.9 Å². The van der Waals surface area contributed by atoms with Crippen molar-refractivity contribution in [3.8, 4) is 5.75 Å². The van der Waals surface area contributed by atoms with Crippen LogP contribution in [0.5, 0.6) is 5.75 Å². The number of hydrazine groups is 1. The highest BCUT2D eigenvalue weighted by atomic mass is 19.1. The van der Waals surface area contributed by atoms with Gasteiger partial charge >= 0.3 is 0 Å². The predicted molar refractivity (Wildman–Crippen MR) is 141 cm³/mol. The van der Waals surface area contributed by atoms with Crippen LogP contribution in [0.25, 0.3) is 0 Å². The molecule has 0 saturated carbocycles. The maximum absolute atomic E-state index is 13.8. The van der Waals surface area contributed by atoms with Crippen LogP contribution in [-0.2, 0) is 25.7 Å². The van der Waals surface area contributed by atoms with Gasteiger partial charge in [0.15, 0.2) is 11.5 Å². The molecule has 2 atom stereocenters. The van der Waals surface area contributed by atoms with Crippen molar-refractivity contribution >= 4 is 17.6 Å². The van der Waals surface area contributed by atoms with Gasteiger partial charge in [-0.1, -0.05) is 31.1 Å². The molecule has 0 radical (unpaired) electrons. The van der Waals surface area contributed by atoms with E-state index >= 15 is 0 Å². The summed E-state index contributed by atoms with van der Waals surface area (Å²) in [6, 6.07) is 4.05. The van der Waals surface area contributed by atoms with Gasteiger partial charge in [0.1, 0.15) is 17.7 Å². The lowest BCUT2D eigenvalue weighted by Gasteiger charge is -2.51. The van der Waals surface area contributed by atoms with Gasteiger partial charge in [0.2, 0.25) is 11.7 Å². The minimum absolute atomic E-state index is 0.0109. The minimum atomic E-state index is -0.862. The number of aliphatic hydroxyl groups excluding tert-OH is 1. The van der Waals surface area contributed by atoms with Crippen molar-refractivity contribution in [2.45, 2.75) is 57.7 Å². The zero-order chi connectivity index (χ0) is 27.8. The van der Waals surface area contributed by atoms with Gasteiger partial charge in [-0.15, -0.1) is 0 Å². The van der Waals surface area contributed by atoms with Crippen LogP contribution in [0.15, 0.2) is 41.8 Å². The molecule has 2 bridgehead atoms. The van der Waals surface area contributed by atoms with Crippen LogP contribution in [0.2, 0.25) is 0 Å². The first kappa shape index (κ1) is 28.6. The number of morpholine rings is 1. The first-order valence-electron chi connectivity index (χ1n) is 13.5. The highest BCUT2D eigenvalue weighted by Crippen LogP contribution is 2.28. The van der Waals surface area contributed by atoms with Crippen LogP contribution < -0.4 is 10.1 Å². The molecule has 3 aliphatic rings. The first-order valence-corrected chi connectivity index (χ1v) is 13.5. The van der Waals surface area contributed by atoms with Crippen LogP contribution in [0.3, 0.4) is 0 Å². The predicted octanol–water partition coefficient (Wildman–Crippen LogP) is 2.81. The lowest BCUT2D eigenvalue weighted by molar-refractivity contribution is -0.186. The molecule has 2 saturated heterocycles. The average molecular weight is 545 g/mol. The number of hydrogen-bond donors (Lipinski definition) is 2. The van der Waals surface area contributed by atoms with Crippen LogP contribution in [0.1, 0.15) is 50.5 Å². The zero-order valence-corrected chi connectivity index (χ0v) is 22.4. The summed E-state index contributed by atoms with van der Waals surface area (Å²) in [6.07, 6.45) is 8.74. The molecule has 3 heterocycles. The number of benzene rings is 1. The number of Topliss-reactive ketones (excluding diaryl/α,β-unsaturated/α-hetero) is 1. The molecule has 11 heteroatoms. The highest BCUT2D eigenvalue weighted by Gasteiger charge is 2.44. The molecule has 2 N–H and O–H groups in total. The summed E-state index contributed by atoms with van der Waals surface area (Å²) < 4.78 is 25.2. The second-order valence-electron chi connectivity index (χ2n) is 9.88. The number of carbonyl (C=O) groups excluding carboxylic acids is 3. The second kappa shape index (κ2) is 13.6. The normalized spacial score (nSPS) is 27.3. The van der Waals surface area contributed by atoms with Crippen molar-refractivity contribution in [2.75, 3.05) is 40.0 Å². The third-order valence-electron chi connectivity index (χ3n) is 7.15. The van der Waals surface area contributed by atoms with Crippen LogP contribution in [0.4, 0.5) is 4.39 Å². The topological polar surface area (TPSA) is 112 Å². The number of aliphatic hydroxyl groups is 1. The molecule has 0 aliphatic carbocycles. The Kier molecular flexibility index (Phi) is 9.94. The molecule has 2 fully saturated rings. The average Bonchev–Trinajstić information content (AvgIpc) is 2.92. The monoisotopic (exact) mass is 544 g/mol. The number of hydrogen-bond acceptors (Lipinski definition) is 8. The molecule has 39 heavy (non-hydrogen) atoms. The zero-order valence-electron chi connectivity index (χ0n) is 22.4. The third kappa shape index (κ3) is 7.15. The van der Waals surface area contributed by atoms with E-state index in [0.717, 1.165) is 32.1 Å². The molecule has 0 aromatic heterocycles. The number of likely N-dealkylation sites (N-methyl/N-ethyl adjacent to an activating group) is 1. The van der Waals surface area contributed by atoms with Crippen molar-refractivity contribution in [3.05, 3.63) is 53.2 Å². The molecule has 2 unspecified atom stereocenters. The molecule has 2 amide bonds. The standard InChI is InChI=1S/C28H37FN4O6/c1-31-26-27(36)22(34)17-24(35)30-18-20-10-11-21(29)16-23(20)39-14-9-7-5-3-2-4-6-8-12-33(31)25-19-38-15-13-32(25)28(26)37/h5,7,10-11,16,25,36H,2-4,6,8-9,12-15,17-19H2,1H3,(H,30,35)/b7-5-,27-26+. The number of rotatable bonds is 0. The van der Waals surface area contributed by atoms with E-state index in [0.29, 0.717) is 50.6 Å². The molecule has 1 aromatic rings. The van der Waals surface area contributed by atoms with E-state index in [-0.39, 0.29) is 18.4 Å². The summed E-state index contributed by atoms with van der Waals surface area (Å²) in [6.45, 7) is 2.03. The van der Waals surface area contributed by atoms with Crippen LogP contribution >= 0.6 is 0 Å². The number of nitrogens with zero attached hydrogens (tertiary/aromatic N) is 3. The van der Waals surface area contributed by atoms with E-state index < -0.39 is 35.6 Å². The number of carbonyl (C=O) groups is 3. The molecule has 0 spiro atoms. The van der Waals surface area contributed by atoms with Crippen molar-refractivity contribution in [2.24, 2.45) is 0 Å². The molecule has 3 aliphatic heterocycles. The molecular formula is C28H37FN4O6. The Morgan fingerprint density at radius 1 is 1.03 bits per heavy atom. The smallest absolute Gasteiger partial charge is 0.277 e. The Bertz CT molecular complexity index is 1120. The largest absolute Gasteiger partial charge is 0.503 e. The van der Waals surface area contributed by atoms with Crippen molar-refractivity contribution in [1.82, 2.24) is 20.2 Å². The number of nitrogens with one attached hydrogen (secondary N) is 1. The Morgan fingerprint density at radius 2 is 1.82 bits per heavy atom. The minimum Gasteiger partial charge on any atom is -0.503 e. The number of amides is 2. The van der Waals surface area contributed by atoms with Crippen molar-refractivity contribution in [3.63, 3.8) is 0 Å². The van der Waals surface area contributed by atoms with E-state index in [1.165, 1.54) is 23.2 Å². The summed E-state index contributed by atoms with van der Waals surface area (Å²) in [4.78, 5) is 40.5. The quantitative estimate of drug-likeness (QED) is 0.379. The number of ketones is 1. The van der Waals surface area contributed by atoms with Crippen molar-refractivity contribution in [1.29, 1.82) is 0 Å². The van der Waals surface area contributed by atoms with E-state index in [1.54, 1.807) is 11.9 Å². The Balaban J connectivity index is 1.55. The summed E-state index contributed by atoms with van der Waals surface area (Å²) >= 11 is 0. The molecule has 10 nitrogen and oxygen atoms in total. The van der Waals surface area contributed by atoms with Crippen molar-refractivity contribution < 1.29 is 33.4 Å². The van der Waals surface area contributed by atoms with Gasteiger partial charge in [-0.3, -0.25) is 19.4 Å². The highest BCUT2D eigenvalue weighted by molar-refractivity contribution is 6.10. The maximum Gasteiger partial charge on any atom is 0.277 e. The van der Waals surface area contributed by atoms with Crippen LogP contribution in [-0.4, -0.2) is 83.7 Å². The van der Waals surface area contributed by atoms with E-state index in [4.69, 9.17) is 9.47 Å². The SMILES string of the molecule is CN1/C2=C(/O)C(=O)CC(=O)NCc3ccc(F)cc3OCC/C=C\CCCCCCN1C1COCCN1C2=O. The lowest BCUT2D eigenvalue weighted by atomic mass is 10.1. The number of ether oxygens (including phenoxy) is 2. The van der Waals surface area contributed by atoms with Gasteiger partial charge in [-0.2, -0.15) is 5.01 Å². The van der Waals surface area contributed by atoms with Gasteiger partial charge in [0.05, 0.1) is 26.2 Å².